The molecule has 0 radical (unpaired) electrons. The Bertz CT molecular complexity index is 500. The van der Waals surface area contributed by atoms with E-state index >= 15 is 0 Å². The van der Waals surface area contributed by atoms with E-state index in [2.05, 4.69) is 4.98 Å². The van der Waals surface area contributed by atoms with Crippen molar-refractivity contribution in [2.75, 3.05) is 11.4 Å². The van der Waals surface area contributed by atoms with Crippen molar-refractivity contribution in [1.29, 1.82) is 0 Å². The van der Waals surface area contributed by atoms with Gasteiger partial charge in [-0.05, 0) is 30.7 Å². The summed E-state index contributed by atoms with van der Waals surface area (Å²) in [4.78, 5) is 6.31. The van der Waals surface area contributed by atoms with Gasteiger partial charge in [-0.25, -0.2) is 4.98 Å². The van der Waals surface area contributed by atoms with Crippen LogP contribution in [-0.4, -0.2) is 16.6 Å². The number of pyridine rings is 1. The highest BCUT2D eigenvalue weighted by atomic mass is 35.5. The van der Waals surface area contributed by atoms with Gasteiger partial charge in [0.25, 0.3) is 0 Å². The predicted molar refractivity (Wildman–Crippen MR) is 70.6 cm³/mol. The highest BCUT2D eigenvalue weighted by molar-refractivity contribution is 6.33. The summed E-state index contributed by atoms with van der Waals surface area (Å²) in [6.07, 6.45) is 3.28. The lowest BCUT2D eigenvalue weighted by molar-refractivity contribution is 0.281. The van der Waals surface area contributed by atoms with Crippen LogP contribution in [0.5, 0.6) is 0 Å². The number of hydrogen-bond donors (Lipinski definition) is 1. The molecule has 2 rings (SSSR count). The second-order valence-corrected chi connectivity index (χ2v) is 4.31. The molecule has 2 aromatic rings. The lowest BCUT2D eigenvalue weighted by Crippen LogP contribution is -2.23. The summed E-state index contributed by atoms with van der Waals surface area (Å²) in [6.45, 7) is 3.36. The molecule has 0 saturated carbocycles. The molecule has 1 N–H and O–H groups in total. The van der Waals surface area contributed by atoms with Gasteiger partial charge in [-0.2, -0.15) is 0 Å². The van der Waals surface area contributed by atoms with Crippen molar-refractivity contribution >= 4 is 17.4 Å². The second-order valence-electron chi connectivity index (χ2n) is 3.90. The number of halogens is 1. The highest BCUT2D eigenvalue weighted by Crippen LogP contribution is 2.25. The van der Waals surface area contributed by atoms with Crippen molar-refractivity contribution in [2.24, 2.45) is 0 Å². The normalized spacial score (nSPS) is 10.6. The smallest absolute Gasteiger partial charge is 0.147 e. The Hall–Kier alpha value is -1.52. The van der Waals surface area contributed by atoms with Crippen LogP contribution in [0, 0.1) is 0 Å². The number of furan rings is 1. The van der Waals surface area contributed by atoms with Gasteiger partial charge in [-0.1, -0.05) is 11.6 Å². The fraction of sp³-hybridized carbons (Fsp3) is 0.308. The number of rotatable bonds is 5. The van der Waals surface area contributed by atoms with Gasteiger partial charge in [-0.15, -0.1) is 0 Å². The van der Waals surface area contributed by atoms with Gasteiger partial charge in [0.15, 0.2) is 0 Å². The molecule has 2 aromatic heterocycles. The van der Waals surface area contributed by atoms with Crippen molar-refractivity contribution in [1.82, 2.24) is 4.98 Å². The summed E-state index contributed by atoms with van der Waals surface area (Å²) >= 11 is 6.18. The molecule has 0 atom stereocenters. The molecule has 0 aliphatic carbocycles. The zero-order valence-electron chi connectivity index (χ0n) is 10.1. The zero-order chi connectivity index (χ0) is 13.0. The van der Waals surface area contributed by atoms with Crippen molar-refractivity contribution in [3.63, 3.8) is 0 Å². The van der Waals surface area contributed by atoms with Crippen molar-refractivity contribution in [3.8, 4) is 0 Å². The maximum Gasteiger partial charge on any atom is 0.147 e. The number of aliphatic hydroxyl groups excluding tert-OH is 1. The first-order valence-electron chi connectivity index (χ1n) is 5.77. The van der Waals surface area contributed by atoms with E-state index in [9.17, 15) is 0 Å². The number of anilines is 1. The van der Waals surface area contributed by atoms with Gasteiger partial charge < -0.3 is 14.4 Å². The topological polar surface area (TPSA) is 49.5 Å². The highest BCUT2D eigenvalue weighted by Gasteiger charge is 2.12. The molecule has 0 aliphatic heterocycles. The SMILES string of the molecule is CCN(Cc1ccco1)c1ncc(CO)cc1Cl. The summed E-state index contributed by atoms with van der Waals surface area (Å²) < 4.78 is 5.32. The van der Waals surface area contributed by atoms with Crippen molar-refractivity contribution in [2.45, 2.75) is 20.1 Å². The molecule has 0 amide bonds. The summed E-state index contributed by atoms with van der Waals surface area (Å²) in [5.41, 5.74) is 0.706. The average Bonchev–Trinajstić information content (AvgIpc) is 2.89. The van der Waals surface area contributed by atoms with Crippen LogP contribution in [0.25, 0.3) is 0 Å². The summed E-state index contributed by atoms with van der Waals surface area (Å²) in [5.74, 6) is 1.56. The second kappa shape index (κ2) is 5.89. The van der Waals surface area contributed by atoms with Crippen molar-refractivity contribution < 1.29 is 9.52 Å². The molecule has 0 aromatic carbocycles. The Morgan fingerprint density at radius 2 is 2.33 bits per heavy atom. The molecule has 0 saturated heterocycles. The molecule has 0 aliphatic rings. The van der Waals surface area contributed by atoms with Gasteiger partial charge in [0.1, 0.15) is 11.6 Å². The first-order chi connectivity index (χ1) is 8.74. The molecule has 96 valence electrons. The van der Waals surface area contributed by atoms with E-state index < -0.39 is 0 Å². The lowest BCUT2D eigenvalue weighted by Gasteiger charge is -2.22. The minimum Gasteiger partial charge on any atom is -0.467 e. The molecule has 0 bridgehead atoms. The first-order valence-corrected chi connectivity index (χ1v) is 6.15. The van der Waals surface area contributed by atoms with Gasteiger partial charge in [0, 0.05) is 12.7 Å². The van der Waals surface area contributed by atoms with Crippen LogP contribution in [0.4, 0.5) is 5.82 Å². The molecule has 4 nitrogen and oxygen atoms in total. The van der Waals surface area contributed by atoms with Crippen LogP contribution in [0.2, 0.25) is 5.02 Å². The molecule has 0 spiro atoms. The van der Waals surface area contributed by atoms with E-state index in [1.165, 1.54) is 0 Å². The lowest BCUT2D eigenvalue weighted by atomic mass is 10.3. The molecule has 5 heteroatoms. The minimum absolute atomic E-state index is 0.0582. The Balaban J connectivity index is 2.22. The minimum atomic E-state index is -0.0582. The molecule has 0 unspecified atom stereocenters. The Morgan fingerprint density at radius 3 is 2.89 bits per heavy atom. The van der Waals surface area contributed by atoms with Crippen LogP contribution in [0.1, 0.15) is 18.2 Å². The van der Waals surface area contributed by atoms with E-state index in [1.54, 1.807) is 18.5 Å². The third-order valence-corrected chi connectivity index (χ3v) is 2.95. The van der Waals surface area contributed by atoms with Crippen LogP contribution in [-0.2, 0) is 13.2 Å². The average molecular weight is 267 g/mol. The van der Waals surface area contributed by atoms with Gasteiger partial charge in [0.05, 0.1) is 24.4 Å². The van der Waals surface area contributed by atoms with Crippen LogP contribution in [0.15, 0.2) is 35.1 Å². The molecular formula is C13H15ClN2O2. The quantitative estimate of drug-likeness (QED) is 0.904. The van der Waals surface area contributed by atoms with E-state index in [0.29, 0.717) is 22.9 Å². The Morgan fingerprint density at radius 1 is 1.50 bits per heavy atom. The molecule has 2 heterocycles. The van der Waals surface area contributed by atoms with E-state index in [4.69, 9.17) is 21.1 Å². The summed E-state index contributed by atoms with van der Waals surface area (Å²) in [6, 6.07) is 5.50. The standard InChI is InChI=1S/C13H15ClN2O2/c1-2-16(8-11-4-3-5-18-11)13-12(14)6-10(9-17)7-15-13/h3-7,17H,2,8-9H2,1H3. The predicted octanol–water partition coefficient (Wildman–Crippen LogP) is 2.85. The van der Waals surface area contributed by atoms with E-state index in [1.807, 2.05) is 24.0 Å². The van der Waals surface area contributed by atoms with Gasteiger partial charge >= 0.3 is 0 Å². The Labute approximate surface area is 111 Å². The third-order valence-electron chi connectivity index (χ3n) is 2.67. The van der Waals surface area contributed by atoms with Crippen LogP contribution < -0.4 is 4.90 Å². The number of aromatic nitrogens is 1. The summed E-state index contributed by atoms with van der Waals surface area (Å²) in [5, 5.41) is 9.57. The monoisotopic (exact) mass is 266 g/mol. The number of hydrogen-bond acceptors (Lipinski definition) is 4. The number of aliphatic hydroxyl groups is 1. The van der Waals surface area contributed by atoms with Crippen LogP contribution >= 0.6 is 11.6 Å². The molecule has 18 heavy (non-hydrogen) atoms. The first kappa shape index (κ1) is 12.9. The Kier molecular flexibility index (Phi) is 4.23. The van der Waals surface area contributed by atoms with Crippen molar-refractivity contribution in [3.05, 3.63) is 47.0 Å². The molecular weight excluding hydrogens is 252 g/mol. The largest absolute Gasteiger partial charge is 0.467 e. The van der Waals surface area contributed by atoms with Gasteiger partial charge in [-0.3, -0.25) is 0 Å². The van der Waals surface area contributed by atoms with E-state index in [-0.39, 0.29) is 6.61 Å². The van der Waals surface area contributed by atoms with Crippen LogP contribution in [0.3, 0.4) is 0 Å². The van der Waals surface area contributed by atoms with Gasteiger partial charge in [0.2, 0.25) is 0 Å². The maximum absolute atomic E-state index is 9.03. The maximum atomic E-state index is 9.03. The number of nitrogens with zero attached hydrogens (tertiary/aromatic N) is 2. The molecule has 0 fully saturated rings. The fourth-order valence-electron chi connectivity index (χ4n) is 1.72. The third kappa shape index (κ3) is 2.83. The summed E-state index contributed by atoms with van der Waals surface area (Å²) in [7, 11) is 0. The fourth-order valence-corrected chi connectivity index (χ4v) is 2.03. The zero-order valence-corrected chi connectivity index (χ0v) is 10.9. The van der Waals surface area contributed by atoms with E-state index in [0.717, 1.165) is 12.3 Å².